The molecule has 0 aliphatic carbocycles. The molecule has 45 heavy (non-hydrogen) atoms. The van der Waals surface area contributed by atoms with E-state index in [9.17, 15) is 0 Å². The molecule has 6 bridgehead atoms. The van der Waals surface area contributed by atoms with Gasteiger partial charge in [-0.25, -0.2) is 0 Å². The van der Waals surface area contributed by atoms with Crippen molar-refractivity contribution in [3.63, 3.8) is 0 Å². The van der Waals surface area contributed by atoms with Gasteiger partial charge in [-0.15, -0.1) is 0 Å². The minimum atomic E-state index is 0.160. The van der Waals surface area contributed by atoms with Crippen LogP contribution in [-0.2, 0) is 25.7 Å². The zero-order valence-electron chi connectivity index (χ0n) is 26.3. The highest BCUT2D eigenvalue weighted by atomic mass is 16.7. The maximum Gasteiger partial charge on any atom is 0.231 e. The van der Waals surface area contributed by atoms with E-state index >= 15 is 0 Å². The molecule has 2 unspecified atom stereocenters. The number of nitrogens with one attached hydrogen (secondary N) is 2. The van der Waals surface area contributed by atoms with E-state index in [0.717, 1.165) is 73.3 Å². The Balaban J connectivity index is 1.34. The Labute approximate surface area is 264 Å². The molecule has 5 heterocycles. The van der Waals surface area contributed by atoms with E-state index in [4.69, 9.17) is 28.4 Å². The number of hydrogen-bond acceptors (Lipinski definition) is 6. The minimum Gasteiger partial charge on any atom is -0.493 e. The number of hydrogen-bond donors (Lipinski definition) is 2. The van der Waals surface area contributed by atoms with Crippen LogP contribution >= 0.6 is 0 Å². The molecular weight excluding hydrogens is 568 g/mol. The number of benzene rings is 4. The summed E-state index contributed by atoms with van der Waals surface area (Å²) < 4.78 is 37.2. The molecule has 9 rings (SSSR count). The van der Waals surface area contributed by atoms with Crippen LogP contribution in [0.25, 0.3) is 0 Å². The fourth-order valence-electron chi connectivity index (χ4n) is 7.58. The lowest BCUT2D eigenvalue weighted by Gasteiger charge is -2.34. The molecular formula is C37H40N2O6+2. The lowest BCUT2D eigenvalue weighted by Crippen LogP contribution is -3.10. The smallest absolute Gasteiger partial charge is 0.231 e. The van der Waals surface area contributed by atoms with Gasteiger partial charge in [0.1, 0.15) is 17.8 Å². The monoisotopic (exact) mass is 608 g/mol. The summed E-state index contributed by atoms with van der Waals surface area (Å²) in [4.78, 5) is 2.90. The first-order chi connectivity index (χ1) is 22.0. The van der Waals surface area contributed by atoms with Crippen LogP contribution in [0.15, 0.2) is 60.7 Å². The molecule has 5 aliphatic heterocycles. The van der Waals surface area contributed by atoms with Gasteiger partial charge in [0.15, 0.2) is 34.5 Å². The van der Waals surface area contributed by atoms with E-state index in [1.807, 2.05) is 6.07 Å². The summed E-state index contributed by atoms with van der Waals surface area (Å²) in [5, 5.41) is 0. The first-order valence-corrected chi connectivity index (χ1v) is 15.9. The summed E-state index contributed by atoms with van der Waals surface area (Å²) in [5.74, 6) is 5.84. The van der Waals surface area contributed by atoms with E-state index in [1.54, 1.807) is 14.2 Å². The molecule has 0 saturated heterocycles. The number of ether oxygens (including phenoxy) is 6. The van der Waals surface area contributed by atoms with Gasteiger partial charge < -0.3 is 38.2 Å². The third-order valence-electron chi connectivity index (χ3n) is 10.1. The normalized spacial score (nSPS) is 22.8. The number of methoxy groups -OCH3 is 2. The van der Waals surface area contributed by atoms with E-state index in [2.05, 4.69) is 68.7 Å². The highest BCUT2D eigenvalue weighted by molar-refractivity contribution is 5.64. The first kappa shape index (κ1) is 28.1. The van der Waals surface area contributed by atoms with Crippen molar-refractivity contribution < 1.29 is 38.2 Å². The van der Waals surface area contributed by atoms with Gasteiger partial charge in [0, 0.05) is 31.2 Å². The third kappa shape index (κ3) is 4.93. The quantitative estimate of drug-likeness (QED) is 0.359. The average Bonchev–Trinajstić information content (AvgIpc) is 3.53. The van der Waals surface area contributed by atoms with Gasteiger partial charge in [-0.1, -0.05) is 18.2 Å². The summed E-state index contributed by atoms with van der Waals surface area (Å²) in [6.45, 7) is 2.24. The summed E-state index contributed by atoms with van der Waals surface area (Å²) in [6.07, 6.45) is 3.59. The molecule has 4 aromatic carbocycles. The molecule has 8 heteroatoms. The van der Waals surface area contributed by atoms with Crippen molar-refractivity contribution in [3.8, 4) is 46.0 Å². The van der Waals surface area contributed by atoms with E-state index in [1.165, 1.54) is 43.2 Å². The van der Waals surface area contributed by atoms with Crippen molar-refractivity contribution in [3.05, 3.63) is 94.0 Å². The van der Waals surface area contributed by atoms with Crippen LogP contribution in [0.4, 0.5) is 0 Å². The Bertz CT molecular complexity index is 1770. The van der Waals surface area contributed by atoms with Gasteiger partial charge in [0.05, 0.1) is 47.0 Å². The number of fused-ring (bicyclic) bond motifs is 3. The molecule has 2 N–H and O–H groups in total. The van der Waals surface area contributed by atoms with Crippen LogP contribution in [0.1, 0.15) is 45.5 Å². The van der Waals surface area contributed by atoms with Gasteiger partial charge in [0.25, 0.3) is 0 Å². The molecule has 8 nitrogen and oxygen atoms in total. The summed E-state index contributed by atoms with van der Waals surface area (Å²) in [7, 11) is 7.96. The second-order valence-electron chi connectivity index (χ2n) is 12.8. The molecule has 0 aromatic heterocycles. The van der Waals surface area contributed by atoms with Crippen molar-refractivity contribution in [2.75, 3.05) is 48.2 Å². The second kappa shape index (κ2) is 11.2. The summed E-state index contributed by atoms with van der Waals surface area (Å²) in [5.41, 5.74) is 7.43. The van der Waals surface area contributed by atoms with Crippen LogP contribution in [0.3, 0.4) is 0 Å². The molecule has 4 aromatic rings. The Kier molecular flexibility index (Phi) is 6.99. The van der Waals surface area contributed by atoms with Gasteiger partial charge in [-0.05, 0) is 64.7 Å². The fourth-order valence-corrected chi connectivity index (χ4v) is 7.58. The van der Waals surface area contributed by atoms with Crippen LogP contribution in [0.2, 0.25) is 0 Å². The predicted molar refractivity (Wildman–Crippen MR) is 169 cm³/mol. The largest absolute Gasteiger partial charge is 0.493 e. The van der Waals surface area contributed by atoms with Crippen molar-refractivity contribution in [1.29, 1.82) is 0 Å². The topological polar surface area (TPSA) is 64.3 Å². The van der Waals surface area contributed by atoms with E-state index < -0.39 is 0 Å². The van der Waals surface area contributed by atoms with Crippen LogP contribution in [0, 0.1) is 0 Å². The predicted octanol–water partition coefficient (Wildman–Crippen LogP) is 4.04. The summed E-state index contributed by atoms with van der Waals surface area (Å²) in [6, 6.07) is 21.6. The van der Waals surface area contributed by atoms with Gasteiger partial charge >= 0.3 is 0 Å². The van der Waals surface area contributed by atoms with Gasteiger partial charge in [-0.2, -0.15) is 0 Å². The molecule has 0 amide bonds. The molecule has 0 fully saturated rings. The van der Waals surface area contributed by atoms with Gasteiger partial charge in [0.2, 0.25) is 12.5 Å². The highest BCUT2D eigenvalue weighted by Gasteiger charge is 2.38. The zero-order valence-corrected chi connectivity index (χ0v) is 26.3. The van der Waals surface area contributed by atoms with Crippen LogP contribution < -0.4 is 38.2 Å². The minimum absolute atomic E-state index is 0.160. The lowest BCUT2D eigenvalue weighted by atomic mass is 9.87. The lowest BCUT2D eigenvalue weighted by molar-refractivity contribution is -0.914. The molecule has 0 radical (unpaired) electrons. The Hall–Kier alpha value is -4.40. The standard InChI is InChI=1S/C37H38N2O6/c1-38-13-11-24-18-31(41-4)33-20-27(24)28(38)16-23-7-10-30(40-3)32(17-23)44-26-8-5-22(6-9-26)15-29-35-25(12-14-39(29)2)19-34-36(37(35)45-33)43-21-42-34/h5-10,17-20,28-29H,11-16,21H2,1-4H3/p+2/t28-,29+/m1/s1. The fraction of sp³-hybridized carbons (Fsp3) is 0.351. The summed E-state index contributed by atoms with van der Waals surface area (Å²) >= 11 is 0. The molecule has 0 spiro atoms. The van der Waals surface area contributed by atoms with Crippen LogP contribution in [-0.4, -0.2) is 48.2 Å². The van der Waals surface area contributed by atoms with Crippen molar-refractivity contribution in [2.45, 2.75) is 37.8 Å². The zero-order chi connectivity index (χ0) is 30.7. The Morgan fingerprint density at radius 1 is 0.644 bits per heavy atom. The molecule has 4 atom stereocenters. The number of quaternary nitrogens is 2. The van der Waals surface area contributed by atoms with Crippen molar-refractivity contribution >= 4 is 0 Å². The Morgan fingerprint density at radius 2 is 1.36 bits per heavy atom. The molecule has 232 valence electrons. The number of likely N-dealkylation sites (N-methyl/N-ethyl adjacent to an activating group) is 2. The molecule has 5 aliphatic rings. The first-order valence-electron chi connectivity index (χ1n) is 15.9. The number of rotatable bonds is 2. The van der Waals surface area contributed by atoms with E-state index in [0.29, 0.717) is 11.5 Å². The van der Waals surface area contributed by atoms with Crippen molar-refractivity contribution in [2.24, 2.45) is 0 Å². The maximum absolute atomic E-state index is 7.03. The van der Waals surface area contributed by atoms with E-state index in [-0.39, 0.29) is 18.9 Å². The van der Waals surface area contributed by atoms with Gasteiger partial charge in [-0.3, -0.25) is 0 Å². The second-order valence-corrected chi connectivity index (χ2v) is 12.8. The highest BCUT2D eigenvalue weighted by Crippen LogP contribution is 2.51. The average molecular weight is 609 g/mol. The SMILES string of the molecule is COc1ccc2cc1Oc1ccc(cc1)C[C@H]1c3c(cc4c(c3Oc3cc5c(cc3OC)CC[NH+](C)[C@@H]5C2)OCO4)CC[NH+]1C. The molecule has 0 saturated carbocycles. The maximum atomic E-state index is 7.03. The van der Waals surface area contributed by atoms with Crippen molar-refractivity contribution in [1.82, 2.24) is 0 Å². The Morgan fingerprint density at radius 3 is 2.16 bits per heavy atom. The third-order valence-corrected chi connectivity index (χ3v) is 10.1. The van der Waals surface area contributed by atoms with Crippen LogP contribution in [0.5, 0.6) is 46.0 Å².